The molecule has 1 atom stereocenters. The van der Waals surface area contributed by atoms with Crippen molar-refractivity contribution in [2.45, 2.75) is 103 Å². The molecule has 274 valence electrons. The number of amides is 2. The highest BCUT2D eigenvalue weighted by Gasteiger charge is 2.56. The lowest BCUT2D eigenvalue weighted by atomic mass is 9.73. The van der Waals surface area contributed by atoms with Gasteiger partial charge in [0, 0.05) is 55.2 Å². The number of imidazole rings is 1. The molecule has 1 aliphatic carbocycles. The van der Waals surface area contributed by atoms with Crippen LogP contribution < -0.4 is 10.2 Å². The number of benzene rings is 1. The molecule has 0 radical (unpaired) electrons. The van der Waals surface area contributed by atoms with Crippen LogP contribution in [-0.4, -0.2) is 90.6 Å². The summed E-state index contributed by atoms with van der Waals surface area (Å²) in [6, 6.07) is 10.4. The van der Waals surface area contributed by atoms with E-state index in [1.807, 2.05) is 16.7 Å². The Balaban J connectivity index is 1.17. The summed E-state index contributed by atoms with van der Waals surface area (Å²) < 4.78 is 16.9. The van der Waals surface area contributed by atoms with Gasteiger partial charge in [0.15, 0.2) is 11.6 Å². The van der Waals surface area contributed by atoms with E-state index >= 15 is 0 Å². The summed E-state index contributed by atoms with van der Waals surface area (Å²) in [5.74, 6) is -0.148. The van der Waals surface area contributed by atoms with Crippen LogP contribution in [0.25, 0.3) is 22.3 Å². The fourth-order valence-electron chi connectivity index (χ4n) is 8.91. The molecule has 3 aromatic heterocycles. The van der Waals surface area contributed by atoms with Crippen LogP contribution in [0.1, 0.15) is 84.7 Å². The molecule has 2 N–H and O–H groups in total. The zero-order valence-electron chi connectivity index (χ0n) is 30.8. The van der Waals surface area contributed by atoms with Crippen LogP contribution in [0.2, 0.25) is 0 Å². The van der Waals surface area contributed by atoms with E-state index in [-0.39, 0.29) is 29.6 Å². The Labute approximate surface area is 304 Å². The van der Waals surface area contributed by atoms with Crippen LogP contribution >= 0.6 is 0 Å². The number of likely N-dealkylation sites (tertiary alicyclic amines) is 2. The molecule has 2 saturated heterocycles. The number of pyridine rings is 2. The first-order valence-electron chi connectivity index (χ1n) is 18.8. The Morgan fingerprint density at radius 2 is 1.85 bits per heavy atom. The lowest BCUT2D eigenvalue weighted by Crippen LogP contribution is -2.58. The number of aliphatic hydroxyl groups is 1. The van der Waals surface area contributed by atoms with Gasteiger partial charge in [-0.2, -0.15) is 0 Å². The van der Waals surface area contributed by atoms with Gasteiger partial charge >= 0.3 is 0 Å². The molecule has 4 aliphatic rings. The molecule has 4 aromatic rings. The number of piperidine rings is 1. The maximum absolute atomic E-state index is 14.8. The summed E-state index contributed by atoms with van der Waals surface area (Å²) in [6.07, 6.45) is 7.90. The summed E-state index contributed by atoms with van der Waals surface area (Å²) in [5, 5.41) is 13.5. The van der Waals surface area contributed by atoms with Gasteiger partial charge in [-0.25, -0.2) is 14.4 Å². The van der Waals surface area contributed by atoms with Crippen LogP contribution in [0, 0.1) is 11.2 Å². The second-order valence-electron chi connectivity index (χ2n) is 16.4. The number of nitrogens with one attached hydrogen (secondary N) is 1. The Bertz CT molecular complexity index is 2030. The normalized spacial score (nSPS) is 23.0. The van der Waals surface area contributed by atoms with Crippen molar-refractivity contribution in [1.82, 2.24) is 29.3 Å². The van der Waals surface area contributed by atoms with E-state index < -0.39 is 17.3 Å². The number of carbonyl (C=O) groups excluding carboxylic acids is 2. The Morgan fingerprint density at radius 3 is 2.52 bits per heavy atom. The van der Waals surface area contributed by atoms with Gasteiger partial charge in [-0.1, -0.05) is 32.9 Å². The fourth-order valence-corrected chi connectivity index (χ4v) is 8.91. The van der Waals surface area contributed by atoms with Crippen molar-refractivity contribution in [2.24, 2.45) is 5.41 Å². The van der Waals surface area contributed by atoms with Crippen molar-refractivity contribution >= 4 is 40.0 Å². The molecule has 1 saturated carbocycles. The zero-order valence-corrected chi connectivity index (χ0v) is 30.8. The minimum atomic E-state index is -1.02. The molecule has 12 heteroatoms. The SMILES string of the molecule is CC[C@H](O)C(=O)N1CCC2(CC1)C(=O)N(C1CC(N3CCC(C)(C)C3)C1)c1cc(-c3cc4ncn(C(C)C)c4c(Nc4ccncc4F)n3)ccc12. The fraction of sp³-hybridized carbons (Fsp3) is 0.525. The van der Waals surface area contributed by atoms with Crippen LogP contribution in [0.5, 0.6) is 0 Å². The largest absolute Gasteiger partial charge is 0.383 e. The smallest absolute Gasteiger partial charge is 0.251 e. The summed E-state index contributed by atoms with van der Waals surface area (Å²) in [5.41, 5.74) is 4.74. The van der Waals surface area contributed by atoms with Crippen molar-refractivity contribution in [3.63, 3.8) is 0 Å². The average molecular weight is 709 g/mol. The van der Waals surface area contributed by atoms with Crippen LogP contribution in [0.15, 0.2) is 49.1 Å². The van der Waals surface area contributed by atoms with Gasteiger partial charge in [0.2, 0.25) is 5.91 Å². The first-order valence-corrected chi connectivity index (χ1v) is 18.8. The molecule has 0 unspecified atom stereocenters. The number of hydrogen-bond acceptors (Lipinski definition) is 8. The number of nitrogens with zero attached hydrogens (tertiary/aromatic N) is 7. The van der Waals surface area contributed by atoms with Crippen molar-refractivity contribution < 1.29 is 19.1 Å². The van der Waals surface area contributed by atoms with Gasteiger partial charge in [0.25, 0.3) is 5.91 Å². The Hall–Kier alpha value is -4.42. The van der Waals surface area contributed by atoms with E-state index in [0.717, 1.165) is 53.8 Å². The number of carbonyl (C=O) groups is 2. The summed E-state index contributed by atoms with van der Waals surface area (Å²) in [6.45, 7) is 13.6. The molecule has 2 amide bonds. The predicted molar refractivity (Wildman–Crippen MR) is 199 cm³/mol. The summed E-state index contributed by atoms with van der Waals surface area (Å²) in [4.78, 5) is 47.8. The van der Waals surface area contributed by atoms with E-state index in [1.165, 1.54) is 18.8 Å². The quantitative estimate of drug-likeness (QED) is 0.222. The van der Waals surface area contributed by atoms with Crippen molar-refractivity contribution in [2.75, 3.05) is 36.4 Å². The van der Waals surface area contributed by atoms with Gasteiger partial charge in [0.05, 0.1) is 34.8 Å². The highest BCUT2D eigenvalue weighted by Crippen LogP contribution is 2.52. The number of aliphatic hydroxyl groups excluding tert-OH is 1. The van der Waals surface area contributed by atoms with Crippen LogP contribution in [-0.2, 0) is 15.0 Å². The lowest BCUT2D eigenvalue weighted by Gasteiger charge is -2.46. The van der Waals surface area contributed by atoms with E-state index in [9.17, 15) is 19.1 Å². The topological polar surface area (TPSA) is 120 Å². The lowest BCUT2D eigenvalue weighted by molar-refractivity contribution is -0.143. The third kappa shape index (κ3) is 5.74. The molecule has 3 aliphatic heterocycles. The number of hydrogen-bond donors (Lipinski definition) is 2. The molecule has 52 heavy (non-hydrogen) atoms. The second-order valence-corrected chi connectivity index (χ2v) is 16.4. The minimum absolute atomic E-state index is 0.0836. The minimum Gasteiger partial charge on any atom is -0.383 e. The maximum Gasteiger partial charge on any atom is 0.251 e. The zero-order chi connectivity index (χ0) is 36.5. The molecule has 8 rings (SSSR count). The van der Waals surface area contributed by atoms with Crippen LogP contribution in [0.3, 0.4) is 0 Å². The first kappa shape index (κ1) is 34.7. The number of fused-ring (bicyclic) bond motifs is 3. The highest BCUT2D eigenvalue weighted by molar-refractivity contribution is 6.09. The maximum atomic E-state index is 14.8. The molecule has 1 spiro atoms. The van der Waals surface area contributed by atoms with E-state index in [2.05, 4.69) is 59.9 Å². The predicted octanol–water partition coefficient (Wildman–Crippen LogP) is 6.20. The monoisotopic (exact) mass is 708 g/mol. The van der Waals surface area contributed by atoms with Crippen LogP contribution in [0.4, 0.5) is 21.6 Å². The molecule has 0 bridgehead atoms. The highest BCUT2D eigenvalue weighted by atomic mass is 19.1. The third-order valence-electron chi connectivity index (χ3n) is 12.1. The van der Waals surface area contributed by atoms with E-state index in [0.29, 0.717) is 55.3 Å². The molecule has 3 fully saturated rings. The summed E-state index contributed by atoms with van der Waals surface area (Å²) in [7, 11) is 0. The molecular weight excluding hydrogens is 659 g/mol. The van der Waals surface area contributed by atoms with Gasteiger partial charge in [-0.05, 0) is 88.1 Å². The third-order valence-corrected chi connectivity index (χ3v) is 12.1. The summed E-state index contributed by atoms with van der Waals surface area (Å²) >= 11 is 0. The van der Waals surface area contributed by atoms with Crippen molar-refractivity contribution in [3.8, 4) is 11.3 Å². The number of halogens is 1. The van der Waals surface area contributed by atoms with Crippen molar-refractivity contribution in [1.29, 1.82) is 0 Å². The number of anilines is 3. The second kappa shape index (κ2) is 12.9. The number of aromatic nitrogens is 4. The van der Waals surface area contributed by atoms with E-state index in [1.54, 1.807) is 24.2 Å². The van der Waals surface area contributed by atoms with Gasteiger partial charge in [0.1, 0.15) is 11.6 Å². The molecule has 1 aromatic carbocycles. The first-order chi connectivity index (χ1) is 24.9. The van der Waals surface area contributed by atoms with Crippen molar-refractivity contribution in [3.05, 3.63) is 60.4 Å². The van der Waals surface area contributed by atoms with Gasteiger partial charge in [-0.3, -0.25) is 19.5 Å². The molecule has 11 nitrogen and oxygen atoms in total. The van der Waals surface area contributed by atoms with E-state index in [4.69, 9.17) is 9.97 Å². The Kier molecular flexibility index (Phi) is 8.60. The average Bonchev–Trinajstić information content (AvgIpc) is 3.77. The Morgan fingerprint density at radius 1 is 1.08 bits per heavy atom. The standard InChI is InChI=1S/C40H49FN8O3/c1-6-34(50)37(51)46-15-11-40(12-16-46)28-8-7-25(17-33(28)49(38(40)52)27-18-26(19-27)47-14-10-39(4,5)22-47)31-20-32-35(48(23-43-32)24(2)3)36(45-31)44-30-9-13-42-21-29(30)41/h7-9,13,17,20-21,23-24,26-27,34,50H,6,10-12,14-16,18-19,22H2,1-5H3,(H,42,44,45)/t26?,27?,34-/m0/s1. The van der Waals surface area contributed by atoms with Gasteiger partial charge < -0.3 is 24.8 Å². The van der Waals surface area contributed by atoms with Gasteiger partial charge in [-0.15, -0.1) is 0 Å². The molecule has 6 heterocycles. The molecular formula is C40H49FN8O3. The number of rotatable bonds is 8.